The van der Waals surface area contributed by atoms with Gasteiger partial charge in [-0.3, -0.25) is 4.98 Å². The maximum Gasteiger partial charge on any atom is 0.0273 e. The van der Waals surface area contributed by atoms with Gasteiger partial charge in [-0.25, -0.2) is 0 Å². The van der Waals surface area contributed by atoms with Crippen LogP contribution >= 0.6 is 0 Å². The summed E-state index contributed by atoms with van der Waals surface area (Å²) in [5, 5.41) is 10.2. The number of pyridine rings is 1. The zero-order chi connectivity index (χ0) is 32.0. The summed E-state index contributed by atoms with van der Waals surface area (Å²) >= 11 is 0. The van der Waals surface area contributed by atoms with Gasteiger partial charge in [0, 0.05) is 12.4 Å². The highest BCUT2D eigenvalue weighted by Crippen LogP contribution is 2.46. The molecule has 0 bridgehead atoms. The van der Waals surface area contributed by atoms with Crippen LogP contribution in [0.3, 0.4) is 0 Å². The molecule has 0 aliphatic carbocycles. The topological polar surface area (TPSA) is 12.9 Å². The highest BCUT2D eigenvalue weighted by Gasteiger charge is 2.19. The van der Waals surface area contributed by atoms with Gasteiger partial charge in [-0.05, 0) is 118 Å². The molecule has 48 heavy (non-hydrogen) atoms. The SMILES string of the molecule is CCc1ccc2cc(-c3c4ccccc4c(-c4ccc(-c5ccc(-c6ccncc6)cc5)c5ccccc45)c4ccccc34)ccc2c1. The first-order valence-electron chi connectivity index (χ1n) is 16.8. The van der Waals surface area contributed by atoms with E-state index < -0.39 is 0 Å². The Morgan fingerprint density at radius 1 is 0.375 bits per heavy atom. The van der Waals surface area contributed by atoms with Crippen molar-refractivity contribution in [3.05, 3.63) is 176 Å². The summed E-state index contributed by atoms with van der Waals surface area (Å²) in [7, 11) is 0. The quantitative estimate of drug-likeness (QED) is 0.176. The first-order chi connectivity index (χ1) is 23.8. The summed E-state index contributed by atoms with van der Waals surface area (Å²) in [6.45, 7) is 2.22. The van der Waals surface area contributed by atoms with Crippen LogP contribution in [-0.4, -0.2) is 4.98 Å². The molecular formula is C47H33N. The number of aromatic nitrogens is 1. The van der Waals surface area contributed by atoms with Crippen molar-refractivity contribution in [2.45, 2.75) is 13.3 Å². The molecule has 9 rings (SSSR count). The fourth-order valence-electron chi connectivity index (χ4n) is 7.56. The molecule has 0 unspecified atom stereocenters. The Bertz CT molecular complexity index is 2580. The van der Waals surface area contributed by atoms with Crippen LogP contribution < -0.4 is 0 Å². The Balaban J connectivity index is 1.26. The van der Waals surface area contributed by atoms with Crippen LogP contribution in [0, 0.1) is 0 Å². The van der Waals surface area contributed by atoms with Gasteiger partial charge >= 0.3 is 0 Å². The second-order valence-electron chi connectivity index (χ2n) is 12.6. The van der Waals surface area contributed by atoms with E-state index in [9.17, 15) is 0 Å². The average Bonchev–Trinajstić information content (AvgIpc) is 3.16. The minimum atomic E-state index is 1.04. The van der Waals surface area contributed by atoms with E-state index >= 15 is 0 Å². The number of benzene rings is 8. The summed E-state index contributed by atoms with van der Waals surface area (Å²) in [5.41, 5.74) is 11.3. The molecule has 1 heteroatoms. The maximum atomic E-state index is 4.18. The Morgan fingerprint density at radius 2 is 0.854 bits per heavy atom. The fourth-order valence-corrected chi connectivity index (χ4v) is 7.56. The molecule has 1 heterocycles. The average molecular weight is 612 g/mol. The summed E-state index contributed by atoms with van der Waals surface area (Å²) < 4.78 is 0. The molecule has 1 nitrogen and oxygen atoms in total. The monoisotopic (exact) mass is 611 g/mol. The van der Waals surface area contributed by atoms with Crippen molar-refractivity contribution in [1.29, 1.82) is 0 Å². The molecule has 226 valence electrons. The molecule has 0 spiro atoms. The van der Waals surface area contributed by atoms with Crippen molar-refractivity contribution in [2.75, 3.05) is 0 Å². The van der Waals surface area contributed by atoms with Crippen molar-refractivity contribution in [1.82, 2.24) is 4.98 Å². The van der Waals surface area contributed by atoms with Crippen molar-refractivity contribution in [3.63, 3.8) is 0 Å². The van der Waals surface area contributed by atoms with E-state index in [1.165, 1.54) is 93.2 Å². The van der Waals surface area contributed by atoms with Crippen molar-refractivity contribution < 1.29 is 0 Å². The number of aryl methyl sites for hydroxylation is 1. The van der Waals surface area contributed by atoms with Crippen LogP contribution in [0.15, 0.2) is 170 Å². The van der Waals surface area contributed by atoms with Crippen molar-refractivity contribution in [2.24, 2.45) is 0 Å². The first-order valence-corrected chi connectivity index (χ1v) is 16.8. The second kappa shape index (κ2) is 11.6. The molecule has 9 aromatic rings. The minimum Gasteiger partial charge on any atom is -0.265 e. The largest absolute Gasteiger partial charge is 0.265 e. The molecule has 1 aromatic heterocycles. The van der Waals surface area contributed by atoms with E-state index in [1.54, 1.807) is 0 Å². The van der Waals surface area contributed by atoms with Crippen LogP contribution in [0.25, 0.3) is 87.6 Å². The van der Waals surface area contributed by atoms with Gasteiger partial charge < -0.3 is 0 Å². The van der Waals surface area contributed by atoms with E-state index in [2.05, 4.69) is 170 Å². The molecule has 0 amide bonds. The van der Waals surface area contributed by atoms with Gasteiger partial charge in [-0.2, -0.15) is 0 Å². The molecule has 0 saturated carbocycles. The highest BCUT2D eigenvalue weighted by atomic mass is 14.6. The maximum absolute atomic E-state index is 4.18. The van der Waals surface area contributed by atoms with Gasteiger partial charge in [0.1, 0.15) is 0 Å². The molecule has 0 aliphatic rings. The summed E-state index contributed by atoms with van der Waals surface area (Å²) in [6.07, 6.45) is 4.74. The molecule has 0 fully saturated rings. The summed E-state index contributed by atoms with van der Waals surface area (Å²) in [6, 6.07) is 58.3. The number of rotatable bonds is 5. The molecule has 0 saturated heterocycles. The van der Waals surface area contributed by atoms with E-state index in [1.807, 2.05) is 12.4 Å². The lowest BCUT2D eigenvalue weighted by atomic mass is 9.83. The standard InChI is InChI=1S/C47H33N/c1-2-31-15-16-36-30-37(22-21-35(36)29-31)46-41-11-5-7-13-43(41)47(44-14-8-6-12-42(44)46)45-24-23-38(39-9-3-4-10-40(39)45)34-19-17-32(18-20-34)33-25-27-48-28-26-33/h3-30H,2H2,1H3. The van der Waals surface area contributed by atoms with Gasteiger partial charge in [-0.1, -0.05) is 146 Å². The summed E-state index contributed by atoms with van der Waals surface area (Å²) in [4.78, 5) is 4.18. The third-order valence-electron chi connectivity index (χ3n) is 9.94. The van der Waals surface area contributed by atoms with Gasteiger partial charge in [0.15, 0.2) is 0 Å². The van der Waals surface area contributed by atoms with E-state index in [0.717, 1.165) is 6.42 Å². The fraction of sp³-hybridized carbons (Fsp3) is 0.0426. The van der Waals surface area contributed by atoms with Crippen molar-refractivity contribution >= 4 is 43.1 Å². The van der Waals surface area contributed by atoms with Crippen LogP contribution in [0.4, 0.5) is 0 Å². The lowest BCUT2D eigenvalue weighted by Gasteiger charge is -2.20. The van der Waals surface area contributed by atoms with E-state index in [4.69, 9.17) is 0 Å². The molecule has 0 aliphatic heterocycles. The molecular weight excluding hydrogens is 579 g/mol. The Morgan fingerprint density at radius 3 is 1.50 bits per heavy atom. The Kier molecular flexibility index (Phi) is 6.83. The predicted octanol–water partition coefficient (Wildman–Crippen LogP) is 12.9. The third-order valence-corrected chi connectivity index (χ3v) is 9.94. The number of nitrogens with zero attached hydrogens (tertiary/aromatic N) is 1. The lowest BCUT2D eigenvalue weighted by molar-refractivity contribution is 1.15. The van der Waals surface area contributed by atoms with Gasteiger partial charge in [0.2, 0.25) is 0 Å². The lowest BCUT2D eigenvalue weighted by Crippen LogP contribution is -1.92. The smallest absolute Gasteiger partial charge is 0.0273 e. The second-order valence-corrected chi connectivity index (χ2v) is 12.6. The van der Waals surface area contributed by atoms with E-state index in [0.29, 0.717) is 0 Å². The number of hydrogen-bond donors (Lipinski definition) is 0. The molecule has 8 aromatic carbocycles. The van der Waals surface area contributed by atoms with Gasteiger partial charge in [-0.15, -0.1) is 0 Å². The predicted molar refractivity (Wildman–Crippen MR) is 205 cm³/mol. The van der Waals surface area contributed by atoms with Crippen LogP contribution in [0.5, 0.6) is 0 Å². The normalized spacial score (nSPS) is 11.5. The van der Waals surface area contributed by atoms with Crippen LogP contribution in [0.2, 0.25) is 0 Å². The molecule has 0 radical (unpaired) electrons. The Labute approximate surface area is 280 Å². The van der Waals surface area contributed by atoms with Crippen LogP contribution in [0.1, 0.15) is 12.5 Å². The minimum absolute atomic E-state index is 1.04. The zero-order valence-corrected chi connectivity index (χ0v) is 26.8. The van der Waals surface area contributed by atoms with Gasteiger partial charge in [0.25, 0.3) is 0 Å². The zero-order valence-electron chi connectivity index (χ0n) is 26.8. The van der Waals surface area contributed by atoms with Gasteiger partial charge in [0.05, 0.1) is 0 Å². The highest BCUT2D eigenvalue weighted by molar-refractivity contribution is 6.24. The van der Waals surface area contributed by atoms with Crippen LogP contribution in [-0.2, 0) is 6.42 Å². The third kappa shape index (κ3) is 4.67. The summed E-state index contributed by atoms with van der Waals surface area (Å²) in [5.74, 6) is 0. The van der Waals surface area contributed by atoms with E-state index in [-0.39, 0.29) is 0 Å². The molecule has 0 N–H and O–H groups in total. The number of hydrogen-bond acceptors (Lipinski definition) is 1. The van der Waals surface area contributed by atoms with Crippen molar-refractivity contribution in [3.8, 4) is 44.5 Å². The first kappa shape index (κ1) is 28.2. The molecule has 0 atom stereocenters. The number of fused-ring (bicyclic) bond motifs is 4. The Hall–Kier alpha value is -6.05.